The number of hydrogen-bond donors (Lipinski definition) is 1. The third-order valence-corrected chi connectivity index (χ3v) is 2.16. The van der Waals surface area contributed by atoms with Crippen LogP contribution in [0.4, 0.5) is 0 Å². The smallest absolute Gasteiger partial charge is 0.335 e. The van der Waals surface area contributed by atoms with Crippen LogP contribution in [-0.4, -0.2) is 18.2 Å². The number of rotatable bonds is 4. The van der Waals surface area contributed by atoms with Crippen LogP contribution in [0.2, 0.25) is 0 Å². The Bertz CT molecular complexity index is 453. The summed E-state index contributed by atoms with van der Waals surface area (Å²) in [5, 5.41) is 12.4. The van der Waals surface area contributed by atoms with Crippen molar-refractivity contribution < 1.29 is 14.6 Å². The molecular formula is C10H11N3O3. The van der Waals surface area contributed by atoms with Gasteiger partial charge in [-0.15, -0.1) is 0 Å². The van der Waals surface area contributed by atoms with E-state index in [9.17, 15) is 4.79 Å². The second-order valence-corrected chi connectivity index (χ2v) is 3.14. The van der Waals surface area contributed by atoms with Crippen molar-refractivity contribution in [1.82, 2.24) is 0 Å². The fourth-order valence-corrected chi connectivity index (χ4v) is 1.35. The summed E-state index contributed by atoms with van der Waals surface area (Å²) in [5.41, 5.74) is 8.88. The van der Waals surface area contributed by atoms with Crippen LogP contribution in [0.25, 0.3) is 10.4 Å². The summed E-state index contributed by atoms with van der Waals surface area (Å²) in [5.74, 6) is -0.530. The molecule has 0 amide bonds. The minimum Gasteiger partial charge on any atom is -0.497 e. The second-order valence-electron chi connectivity index (χ2n) is 3.14. The highest BCUT2D eigenvalue weighted by atomic mass is 16.5. The molecule has 0 aliphatic carbocycles. The van der Waals surface area contributed by atoms with E-state index in [1.54, 1.807) is 19.1 Å². The van der Waals surface area contributed by atoms with Gasteiger partial charge in [0.15, 0.2) is 0 Å². The van der Waals surface area contributed by atoms with E-state index in [0.29, 0.717) is 11.3 Å². The first-order chi connectivity index (χ1) is 7.60. The van der Waals surface area contributed by atoms with E-state index >= 15 is 0 Å². The summed E-state index contributed by atoms with van der Waals surface area (Å²) in [4.78, 5) is 13.6. The summed E-state index contributed by atoms with van der Waals surface area (Å²) >= 11 is 0. The summed E-state index contributed by atoms with van der Waals surface area (Å²) in [6.45, 7) is 1.63. The summed E-state index contributed by atoms with van der Waals surface area (Å²) in [7, 11) is 1.48. The molecule has 1 aromatic rings. The maximum absolute atomic E-state index is 11.0. The lowest BCUT2D eigenvalue weighted by Gasteiger charge is -2.10. The van der Waals surface area contributed by atoms with Crippen molar-refractivity contribution in [2.45, 2.75) is 13.0 Å². The molecule has 1 N–H and O–H groups in total. The van der Waals surface area contributed by atoms with Crippen LogP contribution in [0, 0.1) is 0 Å². The number of benzene rings is 1. The van der Waals surface area contributed by atoms with Gasteiger partial charge in [-0.2, -0.15) is 0 Å². The summed E-state index contributed by atoms with van der Waals surface area (Å²) in [6, 6.07) is 3.99. The van der Waals surface area contributed by atoms with E-state index in [1.165, 1.54) is 13.2 Å². The van der Waals surface area contributed by atoms with Crippen LogP contribution >= 0.6 is 0 Å². The molecule has 1 atom stereocenters. The van der Waals surface area contributed by atoms with Gasteiger partial charge in [0.05, 0.1) is 18.7 Å². The maximum Gasteiger partial charge on any atom is 0.335 e. The van der Waals surface area contributed by atoms with Crippen molar-refractivity contribution in [2.75, 3.05) is 7.11 Å². The highest BCUT2D eigenvalue weighted by molar-refractivity contribution is 5.89. The number of methoxy groups -OCH3 is 1. The Kier molecular flexibility index (Phi) is 3.74. The molecule has 0 aromatic heterocycles. The van der Waals surface area contributed by atoms with E-state index in [1.807, 2.05) is 0 Å². The average Bonchev–Trinajstić information content (AvgIpc) is 2.28. The molecule has 1 unspecified atom stereocenters. The predicted molar refractivity (Wildman–Crippen MR) is 57.5 cm³/mol. The minimum absolute atomic E-state index is 0.112. The van der Waals surface area contributed by atoms with Crippen LogP contribution in [0.15, 0.2) is 23.3 Å². The molecule has 0 saturated heterocycles. The van der Waals surface area contributed by atoms with Gasteiger partial charge in [-0.25, -0.2) is 4.79 Å². The van der Waals surface area contributed by atoms with E-state index < -0.39 is 12.0 Å². The Labute approximate surface area is 92.1 Å². The zero-order chi connectivity index (χ0) is 12.1. The molecule has 0 aliphatic rings. The van der Waals surface area contributed by atoms with E-state index in [4.69, 9.17) is 15.4 Å². The zero-order valence-electron chi connectivity index (χ0n) is 8.91. The van der Waals surface area contributed by atoms with Crippen LogP contribution in [0.1, 0.15) is 28.9 Å². The summed E-state index contributed by atoms with van der Waals surface area (Å²) < 4.78 is 4.99. The Morgan fingerprint density at radius 3 is 2.81 bits per heavy atom. The molecule has 84 valence electrons. The molecule has 6 heteroatoms. The Hall–Kier alpha value is -2.20. The third kappa shape index (κ3) is 2.43. The highest BCUT2D eigenvalue weighted by Crippen LogP contribution is 2.26. The molecule has 0 aliphatic heterocycles. The van der Waals surface area contributed by atoms with Gasteiger partial charge in [0.2, 0.25) is 0 Å². The number of azide groups is 1. The lowest BCUT2D eigenvalue weighted by atomic mass is 10.0. The maximum atomic E-state index is 11.0. The molecular weight excluding hydrogens is 210 g/mol. The molecule has 16 heavy (non-hydrogen) atoms. The van der Waals surface area contributed by atoms with Crippen LogP contribution in [0.5, 0.6) is 5.75 Å². The number of aromatic carboxylic acids is 1. The number of carboxylic acids is 1. The molecule has 0 saturated carbocycles. The van der Waals surface area contributed by atoms with Crippen LogP contribution < -0.4 is 4.74 Å². The van der Waals surface area contributed by atoms with Crippen molar-refractivity contribution >= 4 is 5.97 Å². The first kappa shape index (κ1) is 11.9. The van der Waals surface area contributed by atoms with Crippen molar-refractivity contribution in [2.24, 2.45) is 5.11 Å². The molecule has 0 radical (unpaired) electrons. The molecule has 0 spiro atoms. The molecule has 0 heterocycles. The standard InChI is InChI=1S/C10H11N3O3/c1-6(12-13-11)9-5-7(16-2)3-4-8(9)10(14)15/h3-6H,1-2H3,(H,14,15). The SMILES string of the molecule is COc1ccc(C(=O)O)c(C(C)N=[N+]=[N-])c1. The number of ether oxygens (including phenoxy) is 1. The molecule has 0 bridgehead atoms. The quantitative estimate of drug-likeness (QED) is 0.481. The number of hydrogen-bond acceptors (Lipinski definition) is 3. The first-order valence-corrected chi connectivity index (χ1v) is 4.55. The fraction of sp³-hybridized carbons (Fsp3) is 0.300. The largest absolute Gasteiger partial charge is 0.497 e. The van der Waals surface area contributed by atoms with Gasteiger partial charge >= 0.3 is 5.97 Å². The first-order valence-electron chi connectivity index (χ1n) is 4.55. The van der Waals surface area contributed by atoms with E-state index in [-0.39, 0.29) is 5.56 Å². The Balaban J connectivity index is 3.30. The van der Waals surface area contributed by atoms with Crippen molar-refractivity contribution in [3.8, 4) is 5.75 Å². The van der Waals surface area contributed by atoms with Gasteiger partial charge < -0.3 is 9.84 Å². The highest BCUT2D eigenvalue weighted by Gasteiger charge is 2.15. The van der Waals surface area contributed by atoms with Crippen LogP contribution in [0.3, 0.4) is 0 Å². The molecule has 6 nitrogen and oxygen atoms in total. The van der Waals surface area contributed by atoms with Gasteiger partial charge in [0, 0.05) is 4.91 Å². The predicted octanol–water partition coefficient (Wildman–Crippen LogP) is 2.76. The lowest BCUT2D eigenvalue weighted by molar-refractivity contribution is 0.0695. The second kappa shape index (κ2) is 5.04. The number of carbonyl (C=O) groups is 1. The Morgan fingerprint density at radius 1 is 1.62 bits per heavy atom. The monoisotopic (exact) mass is 221 g/mol. The topological polar surface area (TPSA) is 95.3 Å². The van der Waals surface area contributed by atoms with Gasteiger partial charge in [-0.3, -0.25) is 0 Å². The summed E-state index contributed by atoms with van der Waals surface area (Å²) in [6.07, 6.45) is 0. The zero-order valence-corrected chi connectivity index (χ0v) is 8.91. The van der Waals surface area contributed by atoms with Crippen LogP contribution in [-0.2, 0) is 0 Å². The van der Waals surface area contributed by atoms with Gasteiger partial charge in [-0.1, -0.05) is 12.0 Å². The fourth-order valence-electron chi connectivity index (χ4n) is 1.35. The Morgan fingerprint density at radius 2 is 2.31 bits per heavy atom. The molecule has 0 fully saturated rings. The van der Waals surface area contributed by atoms with E-state index in [2.05, 4.69) is 10.0 Å². The van der Waals surface area contributed by atoms with Gasteiger partial charge in [-0.05, 0) is 29.3 Å². The van der Waals surface area contributed by atoms with Crippen molar-refractivity contribution in [1.29, 1.82) is 0 Å². The van der Waals surface area contributed by atoms with E-state index in [0.717, 1.165) is 0 Å². The molecule has 1 aromatic carbocycles. The van der Waals surface area contributed by atoms with Gasteiger partial charge in [0.25, 0.3) is 0 Å². The average molecular weight is 221 g/mol. The van der Waals surface area contributed by atoms with Gasteiger partial charge in [0.1, 0.15) is 5.75 Å². The number of carboxylic acid groups (broad SMARTS) is 1. The number of nitrogens with zero attached hydrogens (tertiary/aromatic N) is 3. The minimum atomic E-state index is -1.06. The normalized spacial score (nSPS) is 11.4. The third-order valence-electron chi connectivity index (χ3n) is 2.16. The lowest BCUT2D eigenvalue weighted by Crippen LogP contribution is -2.04. The van der Waals surface area contributed by atoms with Crippen molar-refractivity contribution in [3.63, 3.8) is 0 Å². The van der Waals surface area contributed by atoms with Crippen molar-refractivity contribution in [3.05, 3.63) is 39.8 Å². The molecule has 1 rings (SSSR count).